The van der Waals surface area contributed by atoms with Gasteiger partial charge in [-0.05, 0) is 50.5 Å². The topological polar surface area (TPSA) is 38.5 Å². The van der Waals surface area contributed by atoms with Crippen LogP contribution in [0.15, 0.2) is 18.2 Å². The second kappa shape index (κ2) is 5.41. The van der Waals surface area contributed by atoms with Crippen LogP contribution in [-0.4, -0.2) is 25.7 Å². The van der Waals surface area contributed by atoms with Gasteiger partial charge < -0.3 is 15.4 Å². The number of anilines is 1. The van der Waals surface area contributed by atoms with Crippen LogP contribution < -0.4 is 15.4 Å². The van der Waals surface area contributed by atoms with Crippen LogP contribution in [0.5, 0.6) is 5.75 Å². The van der Waals surface area contributed by atoms with E-state index in [1.54, 1.807) is 0 Å². The Kier molecular flexibility index (Phi) is 3.89. The molecule has 0 radical (unpaired) electrons. The molecule has 1 atom stereocenters. The van der Waals surface area contributed by atoms with Crippen LogP contribution in [-0.2, 0) is 0 Å². The van der Waals surface area contributed by atoms with E-state index in [0.717, 1.165) is 25.3 Å². The lowest BCUT2D eigenvalue weighted by atomic mass is 10.0. The first kappa shape index (κ1) is 12.2. The van der Waals surface area contributed by atoms with Gasteiger partial charge in [0.05, 0.1) is 6.61 Å². The summed E-state index contributed by atoms with van der Waals surface area (Å²) in [6.45, 7) is 6.94. The van der Waals surface area contributed by atoms with Crippen LogP contribution in [0.1, 0.15) is 25.3 Å². The van der Waals surface area contributed by atoms with Gasteiger partial charge in [-0.15, -0.1) is 0 Å². The van der Waals surface area contributed by atoms with Gasteiger partial charge in [-0.2, -0.15) is 0 Å². The molecule has 0 aliphatic carbocycles. The summed E-state index contributed by atoms with van der Waals surface area (Å²) in [6.07, 6.45) is 2.33. The third-order valence-electron chi connectivity index (χ3n) is 3.28. The predicted molar refractivity (Wildman–Crippen MR) is 71.8 cm³/mol. The third kappa shape index (κ3) is 2.91. The summed E-state index contributed by atoms with van der Waals surface area (Å²) >= 11 is 0. The van der Waals surface area contributed by atoms with Crippen molar-refractivity contribution in [2.24, 2.45) is 5.73 Å². The number of aryl methyl sites for hydroxylation is 1. The number of ether oxygens (including phenoxy) is 1. The summed E-state index contributed by atoms with van der Waals surface area (Å²) in [4.78, 5) is 2.39. The largest absolute Gasteiger partial charge is 0.494 e. The number of hydrogen-bond donors (Lipinski definition) is 1. The molecule has 3 nitrogen and oxygen atoms in total. The molecular formula is C14H22N2O. The Morgan fingerprint density at radius 1 is 1.47 bits per heavy atom. The molecule has 1 unspecified atom stereocenters. The molecular weight excluding hydrogens is 212 g/mol. The van der Waals surface area contributed by atoms with E-state index in [4.69, 9.17) is 10.5 Å². The van der Waals surface area contributed by atoms with Crippen LogP contribution in [0.25, 0.3) is 0 Å². The van der Waals surface area contributed by atoms with Gasteiger partial charge in [0.25, 0.3) is 0 Å². The zero-order valence-electron chi connectivity index (χ0n) is 10.8. The van der Waals surface area contributed by atoms with Crippen molar-refractivity contribution in [1.29, 1.82) is 0 Å². The molecule has 1 aromatic rings. The summed E-state index contributed by atoms with van der Waals surface area (Å²) in [6, 6.07) is 6.62. The molecule has 0 amide bonds. The minimum absolute atomic E-state index is 0.315. The Morgan fingerprint density at radius 3 is 2.94 bits per heavy atom. The lowest BCUT2D eigenvalue weighted by Crippen LogP contribution is -2.43. The molecule has 1 aromatic carbocycles. The van der Waals surface area contributed by atoms with Crippen molar-refractivity contribution in [2.75, 3.05) is 24.6 Å². The summed E-state index contributed by atoms with van der Waals surface area (Å²) in [7, 11) is 0. The Balaban J connectivity index is 2.15. The first-order chi connectivity index (χ1) is 8.20. The first-order valence-corrected chi connectivity index (χ1v) is 6.44. The molecule has 17 heavy (non-hydrogen) atoms. The minimum Gasteiger partial charge on any atom is -0.494 e. The molecule has 1 aliphatic rings. The molecule has 2 rings (SSSR count). The number of benzene rings is 1. The number of nitrogens with zero attached hydrogens (tertiary/aromatic N) is 1. The molecule has 0 saturated carbocycles. The monoisotopic (exact) mass is 234 g/mol. The molecule has 1 saturated heterocycles. The van der Waals surface area contributed by atoms with Crippen molar-refractivity contribution in [3.05, 3.63) is 23.8 Å². The Bertz CT molecular complexity index is 378. The molecule has 1 heterocycles. The highest BCUT2D eigenvalue weighted by Crippen LogP contribution is 2.27. The van der Waals surface area contributed by atoms with Crippen molar-refractivity contribution in [1.82, 2.24) is 0 Å². The molecule has 0 bridgehead atoms. The zero-order chi connectivity index (χ0) is 12.3. The van der Waals surface area contributed by atoms with Gasteiger partial charge in [0, 0.05) is 24.8 Å². The Morgan fingerprint density at radius 2 is 2.29 bits per heavy atom. The highest BCUT2D eigenvalue weighted by atomic mass is 16.5. The number of rotatable bonds is 3. The standard InChI is InChI=1S/C14H22N2O/c1-3-17-13-6-7-14(11(2)9-13)16-8-4-5-12(15)10-16/h6-7,9,12H,3-5,8,10,15H2,1-2H3. The highest BCUT2D eigenvalue weighted by molar-refractivity contribution is 5.56. The van der Waals surface area contributed by atoms with E-state index in [9.17, 15) is 0 Å². The second-order valence-corrected chi connectivity index (χ2v) is 4.73. The van der Waals surface area contributed by atoms with Crippen molar-refractivity contribution >= 4 is 5.69 Å². The maximum absolute atomic E-state index is 6.02. The normalized spacial score (nSPS) is 20.4. The highest BCUT2D eigenvalue weighted by Gasteiger charge is 2.18. The van der Waals surface area contributed by atoms with Crippen LogP contribution in [0.4, 0.5) is 5.69 Å². The van der Waals surface area contributed by atoms with Crippen LogP contribution in [0.2, 0.25) is 0 Å². The van der Waals surface area contributed by atoms with Gasteiger partial charge >= 0.3 is 0 Å². The first-order valence-electron chi connectivity index (χ1n) is 6.44. The van der Waals surface area contributed by atoms with Crippen molar-refractivity contribution in [3.8, 4) is 5.75 Å². The van der Waals surface area contributed by atoms with E-state index in [0.29, 0.717) is 12.6 Å². The summed E-state index contributed by atoms with van der Waals surface area (Å²) < 4.78 is 5.51. The number of hydrogen-bond acceptors (Lipinski definition) is 3. The molecule has 94 valence electrons. The van der Waals surface area contributed by atoms with Crippen LogP contribution in [0, 0.1) is 6.92 Å². The average molecular weight is 234 g/mol. The Hall–Kier alpha value is -1.22. The molecule has 1 fully saturated rings. The number of nitrogens with two attached hydrogens (primary N) is 1. The quantitative estimate of drug-likeness (QED) is 0.872. The van der Waals surface area contributed by atoms with Gasteiger partial charge in [0.15, 0.2) is 0 Å². The minimum atomic E-state index is 0.315. The Labute approximate surface area is 104 Å². The van der Waals surface area contributed by atoms with E-state index in [-0.39, 0.29) is 0 Å². The fraction of sp³-hybridized carbons (Fsp3) is 0.571. The van der Waals surface area contributed by atoms with Crippen LogP contribution >= 0.6 is 0 Å². The zero-order valence-corrected chi connectivity index (χ0v) is 10.8. The van der Waals surface area contributed by atoms with Crippen LogP contribution in [0.3, 0.4) is 0 Å². The molecule has 2 N–H and O–H groups in total. The van der Waals surface area contributed by atoms with E-state index in [1.165, 1.54) is 17.7 Å². The van der Waals surface area contributed by atoms with Crippen molar-refractivity contribution < 1.29 is 4.74 Å². The van der Waals surface area contributed by atoms with Crippen molar-refractivity contribution in [3.63, 3.8) is 0 Å². The van der Waals surface area contributed by atoms with Gasteiger partial charge in [-0.1, -0.05) is 0 Å². The second-order valence-electron chi connectivity index (χ2n) is 4.73. The van der Waals surface area contributed by atoms with E-state index < -0.39 is 0 Å². The summed E-state index contributed by atoms with van der Waals surface area (Å²) in [5.74, 6) is 0.954. The van der Waals surface area contributed by atoms with E-state index in [1.807, 2.05) is 13.0 Å². The van der Waals surface area contributed by atoms with Gasteiger partial charge in [-0.25, -0.2) is 0 Å². The van der Waals surface area contributed by atoms with Gasteiger partial charge in [-0.3, -0.25) is 0 Å². The lowest BCUT2D eigenvalue weighted by Gasteiger charge is -2.33. The summed E-state index contributed by atoms with van der Waals surface area (Å²) in [5.41, 5.74) is 8.59. The maximum atomic E-state index is 6.02. The number of piperidine rings is 1. The maximum Gasteiger partial charge on any atom is 0.119 e. The lowest BCUT2D eigenvalue weighted by molar-refractivity contribution is 0.340. The molecule has 1 aliphatic heterocycles. The average Bonchev–Trinajstić information content (AvgIpc) is 2.29. The SMILES string of the molecule is CCOc1ccc(N2CCCC(N)C2)c(C)c1. The predicted octanol–water partition coefficient (Wildman–Crippen LogP) is 2.32. The fourth-order valence-electron chi connectivity index (χ4n) is 2.47. The van der Waals surface area contributed by atoms with E-state index >= 15 is 0 Å². The van der Waals surface area contributed by atoms with Crippen molar-refractivity contribution in [2.45, 2.75) is 32.7 Å². The van der Waals surface area contributed by atoms with Gasteiger partial charge in [0.2, 0.25) is 0 Å². The summed E-state index contributed by atoms with van der Waals surface area (Å²) in [5, 5.41) is 0. The fourth-order valence-corrected chi connectivity index (χ4v) is 2.47. The third-order valence-corrected chi connectivity index (χ3v) is 3.28. The molecule has 0 aromatic heterocycles. The van der Waals surface area contributed by atoms with Gasteiger partial charge in [0.1, 0.15) is 5.75 Å². The smallest absolute Gasteiger partial charge is 0.119 e. The van der Waals surface area contributed by atoms with E-state index in [2.05, 4.69) is 24.0 Å². The molecule has 0 spiro atoms. The molecule has 3 heteroatoms.